The Labute approximate surface area is 158 Å². The quantitative estimate of drug-likeness (QED) is 0.780. The van der Waals surface area contributed by atoms with Crippen molar-refractivity contribution in [3.05, 3.63) is 46.5 Å². The lowest BCUT2D eigenvalue weighted by Crippen LogP contribution is -2.29. The number of alkyl halides is 3. The smallest absolute Gasteiger partial charge is 0.433 e. The molecule has 28 heavy (non-hydrogen) atoms. The third-order valence-electron chi connectivity index (χ3n) is 4.23. The van der Waals surface area contributed by atoms with Gasteiger partial charge in [0.2, 0.25) is 0 Å². The molecule has 152 valence electrons. The summed E-state index contributed by atoms with van der Waals surface area (Å²) in [5, 5.41) is 6.13. The standard InChI is InChI=1S/C18H19F4N3O3/c1-10(2)25-16(18(20,21)22)14(7-24-25)17(26)23-4-3-11-5-13(19)6-12-8-27-9-28-15(11)12/h5-7,10H,3-4,8-9H2,1-2H3,(H,23,26). The second kappa shape index (κ2) is 7.78. The Morgan fingerprint density at radius 2 is 2.11 bits per heavy atom. The molecule has 0 bridgehead atoms. The van der Waals surface area contributed by atoms with Crippen molar-refractivity contribution in [1.82, 2.24) is 15.1 Å². The third kappa shape index (κ3) is 4.11. The number of carbonyl (C=O) groups excluding carboxylic acids is 1. The molecule has 0 saturated carbocycles. The molecule has 0 saturated heterocycles. The summed E-state index contributed by atoms with van der Waals surface area (Å²) in [4.78, 5) is 12.3. The van der Waals surface area contributed by atoms with E-state index in [-0.39, 0.29) is 26.4 Å². The van der Waals surface area contributed by atoms with Gasteiger partial charge in [-0.15, -0.1) is 0 Å². The van der Waals surface area contributed by atoms with Crippen LogP contribution in [0.15, 0.2) is 18.3 Å². The van der Waals surface area contributed by atoms with Gasteiger partial charge < -0.3 is 14.8 Å². The maximum absolute atomic E-state index is 13.7. The summed E-state index contributed by atoms with van der Waals surface area (Å²) >= 11 is 0. The predicted octanol–water partition coefficient (Wildman–Crippen LogP) is 3.46. The third-order valence-corrected chi connectivity index (χ3v) is 4.23. The second-order valence-electron chi connectivity index (χ2n) is 6.61. The highest BCUT2D eigenvalue weighted by Crippen LogP contribution is 2.33. The van der Waals surface area contributed by atoms with Gasteiger partial charge >= 0.3 is 6.18 Å². The van der Waals surface area contributed by atoms with Crippen molar-refractivity contribution in [2.24, 2.45) is 0 Å². The number of rotatable bonds is 5. The highest BCUT2D eigenvalue weighted by Gasteiger charge is 2.40. The Hall–Kier alpha value is -2.62. The molecule has 0 spiro atoms. The Balaban J connectivity index is 1.73. The van der Waals surface area contributed by atoms with E-state index in [2.05, 4.69) is 10.4 Å². The normalized spacial score (nSPS) is 14.0. The van der Waals surface area contributed by atoms with E-state index in [0.29, 0.717) is 16.9 Å². The summed E-state index contributed by atoms with van der Waals surface area (Å²) in [6.45, 7) is 3.32. The zero-order chi connectivity index (χ0) is 20.5. The number of aromatic nitrogens is 2. The van der Waals surface area contributed by atoms with Crippen LogP contribution in [-0.4, -0.2) is 29.0 Å². The van der Waals surface area contributed by atoms with Crippen LogP contribution >= 0.6 is 0 Å². The van der Waals surface area contributed by atoms with Gasteiger partial charge in [0.25, 0.3) is 5.91 Å². The largest absolute Gasteiger partial charge is 0.467 e. The Kier molecular flexibility index (Phi) is 5.59. The molecule has 0 fully saturated rings. The Morgan fingerprint density at radius 1 is 1.36 bits per heavy atom. The fourth-order valence-electron chi connectivity index (χ4n) is 3.05. The predicted molar refractivity (Wildman–Crippen MR) is 90.3 cm³/mol. The Bertz CT molecular complexity index is 878. The number of hydrogen-bond acceptors (Lipinski definition) is 4. The van der Waals surface area contributed by atoms with Crippen LogP contribution in [0.2, 0.25) is 0 Å². The number of benzene rings is 1. The minimum Gasteiger partial charge on any atom is -0.467 e. The van der Waals surface area contributed by atoms with Crippen molar-refractivity contribution < 1.29 is 31.8 Å². The van der Waals surface area contributed by atoms with E-state index in [1.807, 2.05) is 0 Å². The number of hydrogen-bond donors (Lipinski definition) is 1. The zero-order valence-electron chi connectivity index (χ0n) is 15.3. The molecule has 1 N–H and O–H groups in total. The van der Waals surface area contributed by atoms with Gasteiger partial charge in [-0.05, 0) is 38.0 Å². The molecule has 0 radical (unpaired) electrons. The van der Waals surface area contributed by atoms with Gasteiger partial charge in [-0.25, -0.2) is 4.39 Å². The SMILES string of the molecule is CC(C)n1ncc(C(=O)NCCc2cc(F)cc3c2OCOC3)c1C(F)(F)F. The van der Waals surface area contributed by atoms with Gasteiger partial charge in [0.15, 0.2) is 12.5 Å². The summed E-state index contributed by atoms with van der Waals surface area (Å²) in [6.07, 6.45) is -3.63. The monoisotopic (exact) mass is 401 g/mol. The van der Waals surface area contributed by atoms with Crippen molar-refractivity contribution >= 4 is 5.91 Å². The molecule has 1 aromatic heterocycles. The lowest BCUT2D eigenvalue weighted by molar-refractivity contribution is -0.145. The van der Waals surface area contributed by atoms with Crippen LogP contribution in [0.5, 0.6) is 5.75 Å². The Morgan fingerprint density at radius 3 is 2.79 bits per heavy atom. The van der Waals surface area contributed by atoms with Crippen molar-refractivity contribution in [2.75, 3.05) is 13.3 Å². The highest BCUT2D eigenvalue weighted by molar-refractivity contribution is 5.95. The molecule has 6 nitrogen and oxygen atoms in total. The summed E-state index contributed by atoms with van der Waals surface area (Å²) in [7, 11) is 0. The summed E-state index contributed by atoms with van der Waals surface area (Å²) in [5.41, 5.74) is -0.589. The number of fused-ring (bicyclic) bond motifs is 1. The van der Waals surface area contributed by atoms with Gasteiger partial charge in [0.1, 0.15) is 11.6 Å². The minimum absolute atomic E-state index is 0.00307. The van der Waals surface area contributed by atoms with Gasteiger partial charge in [-0.1, -0.05) is 0 Å². The molecule has 2 heterocycles. The van der Waals surface area contributed by atoms with Gasteiger partial charge in [-0.2, -0.15) is 18.3 Å². The molecule has 3 rings (SSSR count). The van der Waals surface area contributed by atoms with Crippen molar-refractivity contribution in [3.8, 4) is 5.75 Å². The number of carbonyl (C=O) groups is 1. The molecule has 0 unspecified atom stereocenters. The number of ether oxygens (including phenoxy) is 2. The first-order valence-electron chi connectivity index (χ1n) is 8.63. The van der Waals surface area contributed by atoms with E-state index in [4.69, 9.17) is 9.47 Å². The van der Waals surface area contributed by atoms with E-state index in [9.17, 15) is 22.4 Å². The van der Waals surface area contributed by atoms with E-state index in [0.717, 1.165) is 10.9 Å². The van der Waals surface area contributed by atoms with E-state index in [1.54, 1.807) is 13.8 Å². The zero-order valence-corrected chi connectivity index (χ0v) is 15.3. The average molecular weight is 401 g/mol. The van der Waals surface area contributed by atoms with E-state index >= 15 is 0 Å². The highest BCUT2D eigenvalue weighted by atomic mass is 19.4. The molecule has 1 aliphatic heterocycles. The molecule has 1 aromatic carbocycles. The van der Waals surface area contributed by atoms with Crippen LogP contribution in [0.4, 0.5) is 17.6 Å². The van der Waals surface area contributed by atoms with Crippen LogP contribution in [0.3, 0.4) is 0 Å². The molecular weight excluding hydrogens is 382 g/mol. The average Bonchev–Trinajstić information content (AvgIpc) is 3.07. The minimum atomic E-state index is -4.72. The summed E-state index contributed by atoms with van der Waals surface area (Å²) in [5.74, 6) is -0.897. The van der Waals surface area contributed by atoms with Crippen molar-refractivity contribution in [2.45, 2.75) is 39.1 Å². The van der Waals surface area contributed by atoms with Crippen LogP contribution in [0.1, 0.15) is 47.1 Å². The van der Waals surface area contributed by atoms with Crippen LogP contribution in [0.25, 0.3) is 0 Å². The van der Waals surface area contributed by atoms with Gasteiger partial charge in [-0.3, -0.25) is 9.48 Å². The number of halogens is 4. The molecular formula is C18H19F4N3O3. The first-order valence-corrected chi connectivity index (χ1v) is 8.63. The molecule has 1 amide bonds. The number of amides is 1. The fraction of sp³-hybridized carbons (Fsp3) is 0.444. The lowest BCUT2D eigenvalue weighted by Gasteiger charge is -2.21. The second-order valence-corrected chi connectivity index (χ2v) is 6.61. The first kappa shape index (κ1) is 20.1. The summed E-state index contributed by atoms with van der Waals surface area (Å²) < 4.78 is 65.1. The molecule has 1 aliphatic rings. The lowest BCUT2D eigenvalue weighted by atomic mass is 10.1. The topological polar surface area (TPSA) is 65.4 Å². The van der Waals surface area contributed by atoms with Crippen LogP contribution in [-0.2, 0) is 23.9 Å². The van der Waals surface area contributed by atoms with Crippen LogP contribution < -0.4 is 10.1 Å². The first-order chi connectivity index (χ1) is 13.2. The fourth-order valence-corrected chi connectivity index (χ4v) is 3.05. The summed E-state index contributed by atoms with van der Waals surface area (Å²) in [6, 6.07) is 2.01. The molecule has 0 aliphatic carbocycles. The number of nitrogens with zero attached hydrogens (tertiary/aromatic N) is 2. The van der Waals surface area contributed by atoms with Gasteiger partial charge in [0, 0.05) is 18.2 Å². The van der Waals surface area contributed by atoms with Crippen molar-refractivity contribution in [3.63, 3.8) is 0 Å². The molecule has 2 aromatic rings. The van der Waals surface area contributed by atoms with E-state index in [1.165, 1.54) is 12.1 Å². The molecule has 10 heteroatoms. The van der Waals surface area contributed by atoms with Crippen LogP contribution in [0, 0.1) is 5.82 Å². The van der Waals surface area contributed by atoms with Crippen molar-refractivity contribution in [1.29, 1.82) is 0 Å². The number of nitrogens with one attached hydrogen (secondary N) is 1. The molecule has 0 atom stereocenters. The maximum Gasteiger partial charge on any atom is 0.433 e. The van der Waals surface area contributed by atoms with E-state index < -0.39 is 35.2 Å². The maximum atomic E-state index is 13.7. The van der Waals surface area contributed by atoms with Gasteiger partial charge in [0.05, 0.1) is 18.4 Å².